The predicted octanol–water partition coefficient (Wildman–Crippen LogP) is 4.58. The Balaban J connectivity index is 1.29. The standard InChI is InChI=1S/C42H54N4O7S/c1-29-15-17-35-26-33(29)27-43-40(48)36(18-16-30-9-4-3-5-10-30)44-41(49)38(39(54)42(50)46-21-7-12-32(28-46)19-24-53-35)45-37(47)20-23-52-22-8-13-31-11-6-14-34(25-31)51-2/h3-6,9-11,14-15,17,25-26,32,36,38-39,54H,7-8,12-13,16,18-24,27-28H2,1-2H3,(H,43,48)(H,44,49)(H,45,47)/t32?,36-,38-,39?/m0/s1. The first kappa shape index (κ1) is 40.6. The van der Waals surface area contributed by atoms with E-state index in [9.17, 15) is 19.2 Å². The van der Waals surface area contributed by atoms with Crippen molar-refractivity contribution >= 4 is 36.3 Å². The summed E-state index contributed by atoms with van der Waals surface area (Å²) in [6, 6.07) is 21.1. The minimum atomic E-state index is -1.32. The van der Waals surface area contributed by atoms with Crippen molar-refractivity contribution in [3.63, 3.8) is 0 Å². The van der Waals surface area contributed by atoms with Crippen LogP contribution in [0.2, 0.25) is 0 Å². The molecule has 3 aromatic carbocycles. The Kier molecular flexibility index (Phi) is 15.6. The van der Waals surface area contributed by atoms with Crippen LogP contribution in [-0.4, -0.2) is 85.9 Å². The lowest BCUT2D eigenvalue weighted by Gasteiger charge is -2.36. The zero-order valence-electron chi connectivity index (χ0n) is 31.4. The molecule has 1 fully saturated rings. The van der Waals surface area contributed by atoms with Crippen molar-refractivity contribution in [1.82, 2.24) is 20.9 Å². The first-order valence-corrected chi connectivity index (χ1v) is 19.5. The second-order valence-corrected chi connectivity index (χ2v) is 14.7. The molecule has 2 aliphatic rings. The smallest absolute Gasteiger partial charge is 0.244 e. The van der Waals surface area contributed by atoms with Gasteiger partial charge in [-0.25, -0.2) is 0 Å². The Morgan fingerprint density at radius 1 is 0.963 bits per heavy atom. The Morgan fingerprint density at radius 3 is 2.59 bits per heavy atom. The van der Waals surface area contributed by atoms with Crippen LogP contribution >= 0.6 is 12.6 Å². The zero-order valence-corrected chi connectivity index (χ0v) is 32.3. The van der Waals surface area contributed by atoms with Crippen LogP contribution in [0.4, 0.5) is 0 Å². The lowest BCUT2D eigenvalue weighted by molar-refractivity contribution is -0.137. The summed E-state index contributed by atoms with van der Waals surface area (Å²) in [6.07, 6.45) is 4.88. The molecule has 0 spiro atoms. The molecular weight excluding hydrogens is 705 g/mol. The van der Waals surface area contributed by atoms with E-state index in [0.29, 0.717) is 39.1 Å². The third-order valence-electron chi connectivity index (χ3n) is 10.1. The predicted molar refractivity (Wildman–Crippen MR) is 211 cm³/mol. The summed E-state index contributed by atoms with van der Waals surface area (Å²) in [6.45, 7) is 4.33. The van der Waals surface area contributed by atoms with Gasteiger partial charge in [0.1, 0.15) is 28.8 Å². The maximum Gasteiger partial charge on any atom is 0.244 e. The third kappa shape index (κ3) is 12.2. The summed E-state index contributed by atoms with van der Waals surface area (Å²) in [5.41, 5.74) is 4.05. The number of aryl methyl sites for hydroxylation is 3. The number of hydrogen-bond acceptors (Lipinski definition) is 8. The van der Waals surface area contributed by atoms with Gasteiger partial charge in [0.2, 0.25) is 23.6 Å². The normalized spacial score (nSPS) is 21.2. The minimum absolute atomic E-state index is 0.0141. The van der Waals surface area contributed by atoms with Crippen molar-refractivity contribution < 1.29 is 33.4 Å². The fraction of sp³-hybridized carbons (Fsp3) is 0.476. The summed E-state index contributed by atoms with van der Waals surface area (Å²) in [5.74, 6) is -0.0790. The van der Waals surface area contributed by atoms with Crippen LogP contribution < -0.4 is 25.4 Å². The van der Waals surface area contributed by atoms with Crippen LogP contribution in [-0.2, 0) is 43.3 Å². The van der Waals surface area contributed by atoms with E-state index in [1.165, 1.54) is 0 Å². The van der Waals surface area contributed by atoms with Crippen molar-refractivity contribution in [2.75, 3.05) is 40.0 Å². The Bertz CT molecular complexity index is 1710. The highest BCUT2D eigenvalue weighted by Crippen LogP contribution is 2.24. The number of amides is 4. The fourth-order valence-electron chi connectivity index (χ4n) is 6.90. The molecule has 3 N–H and O–H groups in total. The Morgan fingerprint density at radius 2 is 1.78 bits per heavy atom. The first-order chi connectivity index (χ1) is 26.2. The second-order valence-electron chi connectivity index (χ2n) is 14.1. The average Bonchev–Trinajstić information content (AvgIpc) is 3.19. The molecule has 12 heteroatoms. The highest BCUT2D eigenvalue weighted by atomic mass is 32.1. The molecule has 54 heavy (non-hydrogen) atoms. The summed E-state index contributed by atoms with van der Waals surface area (Å²) >= 11 is 4.68. The largest absolute Gasteiger partial charge is 0.497 e. The lowest BCUT2D eigenvalue weighted by Crippen LogP contribution is -2.60. The van der Waals surface area contributed by atoms with Gasteiger partial charge in [0, 0.05) is 32.7 Å². The quantitative estimate of drug-likeness (QED) is 0.157. The van der Waals surface area contributed by atoms with Crippen molar-refractivity contribution in [2.45, 2.75) is 82.2 Å². The number of rotatable bonds is 12. The number of carbonyl (C=O) groups is 4. The molecule has 4 atom stereocenters. The highest BCUT2D eigenvalue weighted by Gasteiger charge is 2.38. The topological polar surface area (TPSA) is 135 Å². The average molecular weight is 759 g/mol. The van der Waals surface area contributed by atoms with Gasteiger partial charge in [0.25, 0.3) is 0 Å². The van der Waals surface area contributed by atoms with E-state index in [0.717, 1.165) is 65.9 Å². The maximum absolute atomic E-state index is 14.1. The van der Waals surface area contributed by atoms with Crippen molar-refractivity contribution in [1.29, 1.82) is 0 Å². The SMILES string of the molecule is COc1cccc(CCCOCCC(=O)N[C@@H]2C(=O)N[C@@H](CCc3ccccc3)C(=O)NCc3cc(ccc3C)OCCC3CCCN(C3)C(=O)C2S)c1. The van der Waals surface area contributed by atoms with Gasteiger partial charge in [-0.3, -0.25) is 19.2 Å². The molecule has 5 rings (SSSR count). The number of piperidine rings is 1. The molecule has 0 aromatic heterocycles. The monoisotopic (exact) mass is 758 g/mol. The molecule has 0 saturated carbocycles. The molecule has 2 heterocycles. The van der Waals surface area contributed by atoms with Gasteiger partial charge in [0.05, 0.1) is 20.3 Å². The van der Waals surface area contributed by atoms with E-state index in [1.54, 1.807) is 12.0 Å². The van der Waals surface area contributed by atoms with E-state index < -0.39 is 29.1 Å². The number of nitrogens with one attached hydrogen (secondary N) is 3. The number of methoxy groups -OCH3 is 1. The van der Waals surface area contributed by atoms with Gasteiger partial charge in [-0.05, 0) is 104 Å². The fourth-order valence-corrected chi connectivity index (χ4v) is 7.27. The van der Waals surface area contributed by atoms with Crippen LogP contribution in [0.5, 0.6) is 11.5 Å². The molecule has 11 nitrogen and oxygen atoms in total. The van der Waals surface area contributed by atoms with E-state index in [1.807, 2.05) is 79.7 Å². The van der Waals surface area contributed by atoms with Gasteiger partial charge < -0.3 is 35.1 Å². The number of fused-ring (bicyclic) bond motifs is 4. The summed E-state index contributed by atoms with van der Waals surface area (Å²) in [4.78, 5) is 56.9. The van der Waals surface area contributed by atoms with Crippen LogP contribution in [0.3, 0.4) is 0 Å². The molecule has 1 saturated heterocycles. The maximum atomic E-state index is 14.1. The number of benzene rings is 3. The van der Waals surface area contributed by atoms with Crippen molar-refractivity contribution in [3.8, 4) is 11.5 Å². The number of thiol groups is 1. The van der Waals surface area contributed by atoms with E-state index in [4.69, 9.17) is 14.2 Å². The summed E-state index contributed by atoms with van der Waals surface area (Å²) in [7, 11) is 1.64. The van der Waals surface area contributed by atoms with Crippen molar-refractivity contribution in [2.24, 2.45) is 5.92 Å². The number of ether oxygens (including phenoxy) is 3. The lowest BCUT2D eigenvalue weighted by atomic mass is 9.94. The van der Waals surface area contributed by atoms with Gasteiger partial charge in [-0.1, -0.05) is 48.5 Å². The number of carbonyl (C=O) groups excluding carboxylic acids is 4. The first-order valence-electron chi connectivity index (χ1n) is 19.0. The summed E-state index contributed by atoms with van der Waals surface area (Å²) < 4.78 is 17.2. The summed E-state index contributed by atoms with van der Waals surface area (Å²) in [5, 5.41) is 7.48. The van der Waals surface area contributed by atoms with Crippen LogP contribution in [0.1, 0.15) is 60.8 Å². The van der Waals surface area contributed by atoms with Crippen LogP contribution in [0.15, 0.2) is 72.8 Å². The molecular formula is C42H54N4O7S. The molecule has 0 radical (unpaired) electrons. The minimum Gasteiger partial charge on any atom is -0.497 e. The number of nitrogens with zero attached hydrogens (tertiary/aromatic N) is 1. The van der Waals surface area contributed by atoms with Gasteiger partial charge >= 0.3 is 0 Å². The van der Waals surface area contributed by atoms with E-state index in [2.05, 4.69) is 28.6 Å². The van der Waals surface area contributed by atoms with E-state index >= 15 is 0 Å². The molecule has 2 aliphatic heterocycles. The Hall–Kier alpha value is -4.55. The van der Waals surface area contributed by atoms with E-state index in [-0.39, 0.29) is 37.3 Å². The zero-order chi connectivity index (χ0) is 38.3. The van der Waals surface area contributed by atoms with Crippen molar-refractivity contribution in [3.05, 3.63) is 95.1 Å². The van der Waals surface area contributed by atoms with Gasteiger partial charge in [-0.2, -0.15) is 12.6 Å². The molecule has 3 aromatic rings. The Labute approximate surface area is 324 Å². The van der Waals surface area contributed by atoms with Crippen LogP contribution in [0, 0.1) is 12.8 Å². The third-order valence-corrected chi connectivity index (χ3v) is 10.6. The molecule has 0 aliphatic carbocycles. The van der Waals surface area contributed by atoms with Crippen LogP contribution in [0.25, 0.3) is 0 Å². The second kappa shape index (κ2) is 20.8. The highest BCUT2D eigenvalue weighted by molar-refractivity contribution is 7.82. The molecule has 290 valence electrons. The molecule has 2 unspecified atom stereocenters. The molecule has 4 amide bonds. The van der Waals surface area contributed by atoms with Gasteiger partial charge in [0.15, 0.2) is 0 Å². The van der Waals surface area contributed by atoms with Gasteiger partial charge in [-0.15, -0.1) is 0 Å². The number of hydrogen-bond donors (Lipinski definition) is 4. The molecule has 4 bridgehead atoms.